The Kier molecular flexibility index (Phi) is 7.87. The smallest absolute Gasteiger partial charge is 0.251 e. The van der Waals surface area contributed by atoms with Crippen LogP contribution in [0.1, 0.15) is 42.6 Å². The number of nitrogens with one attached hydrogen (secondary N) is 1. The van der Waals surface area contributed by atoms with E-state index in [1.165, 1.54) is 0 Å². The molecule has 2 rings (SSSR count). The molecule has 0 aliphatic carbocycles. The van der Waals surface area contributed by atoms with Gasteiger partial charge in [-0.3, -0.25) is 4.79 Å². The summed E-state index contributed by atoms with van der Waals surface area (Å²) in [4.78, 5) is 12.2. The molecule has 2 atom stereocenters. The quantitative estimate of drug-likeness (QED) is 0.874. The number of halogens is 1. The summed E-state index contributed by atoms with van der Waals surface area (Å²) in [6.07, 6.45) is 2.45. The number of ether oxygens (including phenoxy) is 1. The van der Waals surface area contributed by atoms with Crippen molar-refractivity contribution in [2.75, 3.05) is 13.2 Å². The van der Waals surface area contributed by atoms with E-state index in [0.29, 0.717) is 30.5 Å². The van der Waals surface area contributed by atoms with Crippen LogP contribution in [0.25, 0.3) is 0 Å². The maximum Gasteiger partial charge on any atom is 0.251 e. The molecular weight excluding hydrogens is 300 g/mol. The van der Waals surface area contributed by atoms with Gasteiger partial charge in [-0.25, -0.2) is 0 Å². The van der Waals surface area contributed by atoms with Gasteiger partial charge in [-0.15, -0.1) is 12.4 Å². The fourth-order valence-corrected chi connectivity index (χ4v) is 2.94. The number of amides is 1. The lowest BCUT2D eigenvalue weighted by molar-refractivity contribution is -0.0510. The Morgan fingerprint density at radius 2 is 2.05 bits per heavy atom. The third kappa shape index (κ3) is 4.97. The third-order valence-electron chi connectivity index (χ3n) is 4.13. The van der Waals surface area contributed by atoms with Crippen molar-refractivity contribution >= 4 is 18.3 Å². The first kappa shape index (κ1) is 18.9. The van der Waals surface area contributed by atoms with E-state index in [1.807, 2.05) is 24.3 Å². The summed E-state index contributed by atoms with van der Waals surface area (Å²) >= 11 is 0. The zero-order chi connectivity index (χ0) is 15.2. The molecule has 0 radical (unpaired) electrons. The minimum atomic E-state index is -0.0216. The van der Waals surface area contributed by atoms with Crippen LogP contribution in [0.5, 0.6) is 0 Å². The first-order valence-corrected chi connectivity index (χ1v) is 7.80. The lowest BCUT2D eigenvalue weighted by Crippen LogP contribution is -2.41. The molecule has 5 heteroatoms. The second-order valence-corrected chi connectivity index (χ2v) is 6.09. The van der Waals surface area contributed by atoms with E-state index < -0.39 is 0 Å². The number of hydrogen-bond donors (Lipinski definition) is 2. The van der Waals surface area contributed by atoms with E-state index in [-0.39, 0.29) is 24.4 Å². The number of hydrogen-bond acceptors (Lipinski definition) is 3. The number of nitrogens with two attached hydrogens (primary N) is 1. The van der Waals surface area contributed by atoms with Crippen molar-refractivity contribution in [2.24, 2.45) is 17.6 Å². The molecule has 1 aromatic carbocycles. The van der Waals surface area contributed by atoms with Crippen molar-refractivity contribution in [3.63, 3.8) is 0 Å². The highest BCUT2D eigenvalue weighted by molar-refractivity contribution is 5.94. The Hall–Kier alpha value is -1.10. The van der Waals surface area contributed by atoms with Gasteiger partial charge in [0.05, 0.1) is 6.10 Å². The molecule has 1 heterocycles. The highest BCUT2D eigenvalue weighted by atomic mass is 35.5. The molecule has 1 aliphatic rings. The van der Waals surface area contributed by atoms with Crippen LogP contribution in [0.15, 0.2) is 24.3 Å². The van der Waals surface area contributed by atoms with E-state index in [9.17, 15) is 4.79 Å². The Bertz CT molecular complexity index is 462. The lowest BCUT2D eigenvalue weighted by Gasteiger charge is -2.34. The summed E-state index contributed by atoms with van der Waals surface area (Å²) in [6, 6.07) is 7.45. The van der Waals surface area contributed by atoms with Gasteiger partial charge >= 0.3 is 0 Å². The van der Waals surface area contributed by atoms with Gasteiger partial charge < -0.3 is 15.8 Å². The molecule has 0 saturated carbocycles. The minimum Gasteiger partial charge on any atom is -0.378 e. The predicted molar refractivity (Wildman–Crippen MR) is 91.2 cm³/mol. The number of rotatable bonds is 5. The van der Waals surface area contributed by atoms with Crippen molar-refractivity contribution in [3.05, 3.63) is 35.4 Å². The van der Waals surface area contributed by atoms with Crippen LogP contribution in [0.3, 0.4) is 0 Å². The van der Waals surface area contributed by atoms with E-state index in [0.717, 1.165) is 25.0 Å². The second kappa shape index (κ2) is 9.13. The highest BCUT2D eigenvalue weighted by Crippen LogP contribution is 2.25. The van der Waals surface area contributed by atoms with Crippen LogP contribution >= 0.6 is 12.4 Å². The maximum atomic E-state index is 12.2. The third-order valence-corrected chi connectivity index (χ3v) is 4.13. The van der Waals surface area contributed by atoms with Gasteiger partial charge in [-0.2, -0.15) is 0 Å². The summed E-state index contributed by atoms with van der Waals surface area (Å²) in [6.45, 7) is 6.37. The topological polar surface area (TPSA) is 64.3 Å². The molecule has 1 amide bonds. The fraction of sp³-hybridized carbons (Fsp3) is 0.588. The first-order valence-electron chi connectivity index (χ1n) is 7.80. The average molecular weight is 327 g/mol. The van der Waals surface area contributed by atoms with Gasteiger partial charge in [-0.1, -0.05) is 26.0 Å². The Labute approximate surface area is 139 Å². The Morgan fingerprint density at radius 1 is 1.36 bits per heavy atom. The molecule has 124 valence electrons. The van der Waals surface area contributed by atoms with Gasteiger partial charge in [0, 0.05) is 31.2 Å². The van der Waals surface area contributed by atoms with E-state index >= 15 is 0 Å². The summed E-state index contributed by atoms with van der Waals surface area (Å²) in [5, 5.41) is 3.04. The van der Waals surface area contributed by atoms with Crippen LogP contribution < -0.4 is 11.1 Å². The predicted octanol–water partition coefficient (Wildman–Crippen LogP) is 2.75. The van der Waals surface area contributed by atoms with Crippen LogP contribution in [0.2, 0.25) is 0 Å². The Balaban J connectivity index is 0.00000242. The zero-order valence-corrected chi connectivity index (χ0v) is 14.2. The van der Waals surface area contributed by atoms with E-state index in [1.54, 1.807) is 0 Å². The van der Waals surface area contributed by atoms with Gasteiger partial charge in [0.1, 0.15) is 0 Å². The molecule has 4 nitrogen and oxygen atoms in total. The molecule has 3 N–H and O–H groups in total. The van der Waals surface area contributed by atoms with E-state index in [4.69, 9.17) is 10.5 Å². The summed E-state index contributed by atoms with van der Waals surface area (Å²) in [5.41, 5.74) is 7.28. The van der Waals surface area contributed by atoms with Crippen LogP contribution in [-0.2, 0) is 11.3 Å². The standard InChI is InChI=1S/C17H26N2O2.ClH/c1-12(2)16-15(4-3-9-21-16)11-19-17(20)14-7-5-13(10-18)6-8-14;/h5-8,12,15-16H,3-4,9-11,18H2,1-2H3,(H,19,20);1H. The molecule has 0 spiro atoms. The van der Waals surface area contributed by atoms with Crippen LogP contribution in [0, 0.1) is 11.8 Å². The highest BCUT2D eigenvalue weighted by Gasteiger charge is 2.28. The molecule has 0 aromatic heterocycles. The maximum absolute atomic E-state index is 12.2. The lowest BCUT2D eigenvalue weighted by atomic mass is 9.87. The van der Waals surface area contributed by atoms with Crippen molar-refractivity contribution in [3.8, 4) is 0 Å². The molecule has 1 aromatic rings. The fourth-order valence-electron chi connectivity index (χ4n) is 2.94. The monoisotopic (exact) mass is 326 g/mol. The molecule has 1 aliphatic heterocycles. The van der Waals surface area contributed by atoms with Crippen molar-refractivity contribution in [1.29, 1.82) is 0 Å². The molecule has 22 heavy (non-hydrogen) atoms. The molecular formula is C17H27ClN2O2. The van der Waals surface area contributed by atoms with Crippen LogP contribution in [0.4, 0.5) is 0 Å². The van der Waals surface area contributed by atoms with Crippen molar-refractivity contribution < 1.29 is 9.53 Å². The second-order valence-electron chi connectivity index (χ2n) is 6.09. The average Bonchev–Trinajstić information content (AvgIpc) is 2.52. The number of benzene rings is 1. The number of carbonyl (C=O) groups is 1. The van der Waals surface area contributed by atoms with Gasteiger partial charge in [0.2, 0.25) is 0 Å². The minimum absolute atomic E-state index is 0. The van der Waals surface area contributed by atoms with Gasteiger partial charge in [0.25, 0.3) is 5.91 Å². The van der Waals surface area contributed by atoms with Crippen LogP contribution in [-0.4, -0.2) is 25.2 Å². The molecule has 2 unspecified atom stereocenters. The van der Waals surface area contributed by atoms with Crippen molar-refractivity contribution in [1.82, 2.24) is 5.32 Å². The first-order chi connectivity index (χ1) is 10.1. The summed E-state index contributed by atoms with van der Waals surface area (Å²) in [7, 11) is 0. The largest absolute Gasteiger partial charge is 0.378 e. The molecule has 1 fully saturated rings. The summed E-state index contributed by atoms with van der Waals surface area (Å²) < 4.78 is 5.86. The van der Waals surface area contributed by atoms with Crippen molar-refractivity contribution in [2.45, 2.75) is 39.3 Å². The SMILES string of the molecule is CC(C)C1OCCCC1CNC(=O)c1ccc(CN)cc1.Cl. The molecule has 1 saturated heterocycles. The Morgan fingerprint density at radius 3 is 2.64 bits per heavy atom. The summed E-state index contributed by atoms with van der Waals surface area (Å²) in [5.74, 6) is 0.869. The van der Waals surface area contributed by atoms with Gasteiger partial charge in [0.15, 0.2) is 0 Å². The normalized spacial score (nSPS) is 21.3. The van der Waals surface area contributed by atoms with E-state index in [2.05, 4.69) is 19.2 Å². The zero-order valence-electron chi connectivity index (χ0n) is 13.4. The number of carbonyl (C=O) groups excluding carboxylic acids is 1. The van der Waals surface area contributed by atoms with Gasteiger partial charge in [-0.05, 0) is 36.5 Å². The molecule has 0 bridgehead atoms.